The molecule has 0 aromatic heterocycles. The van der Waals surface area contributed by atoms with Gasteiger partial charge in [0.15, 0.2) is 0 Å². The Kier molecular flexibility index (Phi) is 4.18. The number of rotatable bonds is 3. The molecule has 88 valence electrons. The van der Waals surface area contributed by atoms with E-state index in [1.54, 1.807) is 6.07 Å². The molecule has 0 atom stereocenters. The molecule has 2 rings (SSSR count). The SMILES string of the molecule is Fc1ccc(NCC2CCOCC2)c(Br)c1. The molecular formula is C12H15BrFNO. The van der Waals surface area contributed by atoms with Gasteiger partial charge in [0.05, 0.1) is 0 Å². The maximum atomic E-state index is 12.9. The van der Waals surface area contributed by atoms with E-state index in [-0.39, 0.29) is 5.82 Å². The van der Waals surface area contributed by atoms with Crippen molar-refractivity contribution in [1.29, 1.82) is 0 Å². The number of benzene rings is 1. The lowest BCUT2D eigenvalue weighted by Crippen LogP contribution is -2.22. The molecule has 0 spiro atoms. The minimum atomic E-state index is -0.219. The Labute approximate surface area is 103 Å². The predicted molar refractivity (Wildman–Crippen MR) is 66.1 cm³/mol. The summed E-state index contributed by atoms with van der Waals surface area (Å²) in [6, 6.07) is 4.71. The van der Waals surface area contributed by atoms with Crippen LogP contribution in [0.1, 0.15) is 12.8 Å². The highest BCUT2D eigenvalue weighted by molar-refractivity contribution is 9.10. The van der Waals surface area contributed by atoms with Crippen molar-refractivity contribution in [2.24, 2.45) is 5.92 Å². The fourth-order valence-electron chi connectivity index (χ4n) is 1.84. The minimum Gasteiger partial charge on any atom is -0.384 e. The summed E-state index contributed by atoms with van der Waals surface area (Å²) in [5.74, 6) is 0.439. The zero-order valence-electron chi connectivity index (χ0n) is 9.01. The molecule has 0 saturated carbocycles. The van der Waals surface area contributed by atoms with Crippen molar-refractivity contribution in [1.82, 2.24) is 0 Å². The molecule has 0 unspecified atom stereocenters. The quantitative estimate of drug-likeness (QED) is 0.920. The van der Waals surface area contributed by atoms with Gasteiger partial charge in [0.1, 0.15) is 5.82 Å². The third kappa shape index (κ3) is 3.19. The van der Waals surface area contributed by atoms with Crippen molar-refractivity contribution in [3.8, 4) is 0 Å². The topological polar surface area (TPSA) is 21.3 Å². The Morgan fingerprint density at radius 3 is 2.81 bits per heavy atom. The number of nitrogens with one attached hydrogen (secondary N) is 1. The molecule has 0 amide bonds. The van der Waals surface area contributed by atoms with E-state index in [1.165, 1.54) is 12.1 Å². The molecule has 1 aliphatic heterocycles. The van der Waals surface area contributed by atoms with E-state index >= 15 is 0 Å². The van der Waals surface area contributed by atoms with Crippen molar-refractivity contribution in [2.45, 2.75) is 12.8 Å². The number of ether oxygens (including phenoxy) is 1. The van der Waals surface area contributed by atoms with Gasteiger partial charge in [-0.15, -0.1) is 0 Å². The first-order valence-corrected chi connectivity index (χ1v) is 6.31. The fourth-order valence-corrected chi connectivity index (χ4v) is 2.33. The monoisotopic (exact) mass is 287 g/mol. The first kappa shape index (κ1) is 11.9. The van der Waals surface area contributed by atoms with Crippen molar-refractivity contribution < 1.29 is 9.13 Å². The van der Waals surface area contributed by atoms with Crippen LogP contribution in [0.2, 0.25) is 0 Å². The number of halogens is 2. The molecule has 1 aromatic carbocycles. The summed E-state index contributed by atoms with van der Waals surface area (Å²) in [5.41, 5.74) is 0.952. The van der Waals surface area contributed by atoms with Crippen LogP contribution >= 0.6 is 15.9 Å². The van der Waals surface area contributed by atoms with E-state index in [9.17, 15) is 4.39 Å². The number of hydrogen-bond acceptors (Lipinski definition) is 2. The average molecular weight is 288 g/mol. The van der Waals surface area contributed by atoms with Gasteiger partial charge in [-0.3, -0.25) is 0 Å². The van der Waals surface area contributed by atoms with E-state index < -0.39 is 0 Å². The Bertz CT molecular complexity index is 353. The molecule has 0 bridgehead atoms. The first-order valence-electron chi connectivity index (χ1n) is 5.52. The van der Waals surface area contributed by atoms with E-state index in [1.807, 2.05) is 0 Å². The maximum absolute atomic E-state index is 12.9. The lowest BCUT2D eigenvalue weighted by molar-refractivity contribution is 0.0699. The molecule has 1 fully saturated rings. The van der Waals surface area contributed by atoms with Gasteiger partial charge in [0.25, 0.3) is 0 Å². The largest absolute Gasteiger partial charge is 0.384 e. The van der Waals surface area contributed by atoms with Crippen molar-refractivity contribution >= 4 is 21.6 Å². The zero-order valence-corrected chi connectivity index (χ0v) is 10.6. The third-order valence-electron chi connectivity index (χ3n) is 2.85. The zero-order chi connectivity index (χ0) is 11.4. The highest BCUT2D eigenvalue weighted by Crippen LogP contribution is 2.24. The molecule has 4 heteroatoms. The first-order chi connectivity index (χ1) is 7.75. The van der Waals surface area contributed by atoms with Gasteiger partial charge in [-0.05, 0) is 52.9 Å². The Balaban J connectivity index is 1.88. The van der Waals surface area contributed by atoms with E-state index in [0.717, 1.165) is 42.8 Å². The highest BCUT2D eigenvalue weighted by atomic mass is 79.9. The lowest BCUT2D eigenvalue weighted by atomic mass is 10.0. The van der Waals surface area contributed by atoms with Gasteiger partial charge in [-0.1, -0.05) is 0 Å². The van der Waals surface area contributed by atoms with Gasteiger partial charge in [0.2, 0.25) is 0 Å². The van der Waals surface area contributed by atoms with E-state index in [4.69, 9.17) is 4.74 Å². The molecule has 1 aliphatic rings. The summed E-state index contributed by atoms with van der Waals surface area (Å²) < 4.78 is 19.0. The van der Waals surface area contributed by atoms with Crippen LogP contribution in [0.3, 0.4) is 0 Å². The predicted octanol–water partition coefficient (Wildman–Crippen LogP) is 3.43. The summed E-state index contributed by atoms with van der Waals surface area (Å²) in [7, 11) is 0. The van der Waals surface area contributed by atoms with Crippen LogP contribution < -0.4 is 5.32 Å². The minimum absolute atomic E-state index is 0.219. The third-order valence-corrected chi connectivity index (χ3v) is 3.51. The van der Waals surface area contributed by atoms with Gasteiger partial charge in [-0.2, -0.15) is 0 Å². The normalized spacial score (nSPS) is 17.4. The Morgan fingerprint density at radius 1 is 1.38 bits per heavy atom. The smallest absolute Gasteiger partial charge is 0.124 e. The molecule has 1 saturated heterocycles. The number of anilines is 1. The van der Waals surface area contributed by atoms with Gasteiger partial charge in [-0.25, -0.2) is 4.39 Å². The molecule has 1 N–H and O–H groups in total. The maximum Gasteiger partial charge on any atom is 0.124 e. The summed E-state index contributed by atoms with van der Waals surface area (Å²) in [5, 5.41) is 3.34. The van der Waals surface area contributed by atoms with Gasteiger partial charge in [0, 0.05) is 29.9 Å². The van der Waals surface area contributed by atoms with Crippen LogP contribution in [0.4, 0.5) is 10.1 Å². The van der Waals surface area contributed by atoms with Crippen LogP contribution in [-0.2, 0) is 4.74 Å². The van der Waals surface area contributed by atoms with Crippen LogP contribution in [0.5, 0.6) is 0 Å². The van der Waals surface area contributed by atoms with Crippen LogP contribution in [0.25, 0.3) is 0 Å². The van der Waals surface area contributed by atoms with Crippen LogP contribution in [0.15, 0.2) is 22.7 Å². The van der Waals surface area contributed by atoms with Crippen molar-refractivity contribution in [3.05, 3.63) is 28.5 Å². The van der Waals surface area contributed by atoms with Crippen molar-refractivity contribution in [2.75, 3.05) is 25.1 Å². The average Bonchev–Trinajstić information content (AvgIpc) is 2.29. The van der Waals surface area contributed by atoms with E-state index in [0.29, 0.717) is 5.92 Å². The second-order valence-corrected chi connectivity index (χ2v) is 4.92. The molecular weight excluding hydrogens is 273 g/mol. The van der Waals surface area contributed by atoms with Crippen molar-refractivity contribution in [3.63, 3.8) is 0 Å². The number of hydrogen-bond donors (Lipinski definition) is 1. The van der Waals surface area contributed by atoms with Crippen LogP contribution in [-0.4, -0.2) is 19.8 Å². The molecule has 1 heterocycles. The molecule has 1 aromatic rings. The summed E-state index contributed by atoms with van der Waals surface area (Å²) in [6.45, 7) is 2.64. The van der Waals surface area contributed by atoms with Gasteiger partial charge < -0.3 is 10.1 Å². The van der Waals surface area contributed by atoms with Gasteiger partial charge >= 0.3 is 0 Å². The molecule has 0 aliphatic carbocycles. The summed E-state index contributed by atoms with van der Waals surface area (Å²) in [6.07, 6.45) is 2.21. The van der Waals surface area contributed by atoms with E-state index in [2.05, 4.69) is 21.2 Å². The molecule has 16 heavy (non-hydrogen) atoms. The van der Waals surface area contributed by atoms with Crippen LogP contribution in [0, 0.1) is 11.7 Å². The summed E-state index contributed by atoms with van der Waals surface area (Å²) >= 11 is 3.34. The Hall–Kier alpha value is -0.610. The summed E-state index contributed by atoms with van der Waals surface area (Å²) in [4.78, 5) is 0. The fraction of sp³-hybridized carbons (Fsp3) is 0.500. The molecule has 2 nitrogen and oxygen atoms in total. The molecule has 0 radical (unpaired) electrons. The second-order valence-electron chi connectivity index (χ2n) is 4.06. The standard InChI is InChI=1S/C12H15BrFNO/c13-11-7-10(14)1-2-12(11)15-8-9-3-5-16-6-4-9/h1-2,7,9,15H,3-6,8H2. The second kappa shape index (κ2) is 5.64. The lowest BCUT2D eigenvalue weighted by Gasteiger charge is -2.22. The highest BCUT2D eigenvalue weighted by Gasteiger charge is 2.13. The Morgan fingerprint density at radius 2 is 2.12 bits per heavy atom.